The average Bonchev–Trinajstić information content (AvgIpc) is 3.73. The molecule has 2 fully saturated rings. The Balaban J connectivity index is 1.33. The normalized spacial score (nSPS) is 16.9. The van der Waals surface area contributed by atoms with Crippen LogP contribution in [0.4, 0.5) is 5.69 Å². The number of nitrogens with one attached hydrogen (secondary N) is 2. The third-order valence-corrected chi connectivity index (χ3v) is 10.4. The van der Waals surface area contributed by atoms with Crippen LogP contribution in [0.2, 0.25) is 0 Å². The summed E-state index contributed by atoms with van der Waals surface area (Å²) in [6, 6.07) is 3.45. The molecular weight excluding hydrogens is 562 g/mol. The molecule has 0 radical (unpaired) electrons. The second-order valence-electron chi connectivity index (χ2n) is 10.6. The van der Waals surface area contributed by atoms with E-state index in [4.69, 9.17) is 4.74 Å². The van der Waals surface area contributed by atoms with E-state index in [0.29, 0.717) is 64.8 Å². The van der Waals surface area contributed by atoms with Gasteiger partial charge in [0.2, 0.25) is 15.9 Å². The van der Waals surface area contributed by atoms with Gasteiger partial charge in [0.1, 0.15) is 5.69 Å². The first kappa shape index (κ1) is 29.3. The molecule has 0 spiro atoms. The Kier molecular flexibility index (Phi) is 9.46. The fourth-order valence-corrected chi connectivity index (χ4v) is 7.21. The summed E-state index contributed by atoms with van der Waals surface area (Å²) < 4.78 is 33.2. The minimum absolute atomic E-state index is 0.292. The van der Waals surface area contributed by atoms with Crippen LogP contribution >= 0.6 is 11.3 Å². The molecule has 3 aromatic rings. The number of hydrogen-bond donors (Lipinski definition) is 2. The standard InChI is InChI=1S/C28H37N7O4S2/c1-3-39-26-18-29-16-24(32-26)25-17-31-28(40-25)27(36)33-22(12-14-35(2)20-7-5-4-6-8-20)23-15-19(11-13-30-23)34-41(37,38)21-9-10-21/h11,13,15-18,20-22H,3-10,12,14H2,1-2H3,(H,30,34)(H,33,36). The number of carbonyl (C=O) groups excluding carboxylic acids is 1. The van der Waals surface area contributed by atoms with Gasteiger partial charge in [0.05, 0.1) is 46.6 Å². The lowest BCUT2D eigenvalue weighted by Crippen LogP contribution is -2.37. The highest BCUT2D eigenvalue weighted by molar-refractivity contribution is 7.93. The number of aromatic nitrogens is 4. The van der Waals surface area contributed by atoms with Gasteiger partial charge in [-0.05, 0) is 58.2 Å². The first-order chi connectivity index (χ1) is 19.8. The molecule has 2 aliphatic rings. The van der Waals surface area contributed by atoms with Crippen molar-refractivity contribution < 1.29 is 17.9 Å². The highest BCUT2D eigenvalue weighted by atomic mass is 32.2. The van der Waals surface area contributed by atoms with Crippen molar-refractivity contribution in [2.45, 2.75) is 75.6 Å². The fourth-order valence-electron chi connectivity index (χ4n) is 5.06. The van der Waals surface area contributed by atoms with E-state index in [1.54, 1.807) is 36.9 Å². The Morgan fingerprint density at radius 2 is 1.95 bits per heavy atom. The molecule has 0 aliphatic heterocycles. The number of thiazole rings is 1. The van der Waals surface area contributed by atoms with E-state index in [-0.39, 0.29) is 11.2 Å². The van der Waals surface area contributed by atoms with Gasteiger partial charge in [-0.15, -0.1) is 11.3 Å². The summed E-state index contributed by atoms with van der Waals surface area (Å²) in [5.41, 5.74) is 1.62. The third-order valence-electron chi connectivity index (χ3n) is 7.49. The molecule has 0 saturated heterocycles. The highest BCUT2D eigenvalue weighted by Gasteiger charge is 2.36. The molecule has 2 N–H and O–H groups in total. The van der Waals surface area contributed by atoms with Crippen LogP contribution < -0.4 is 14.8 Å². The molecule has 41 heavy (non-hydrogen) atoms. The van der Waals surface area contributed by atoms with Crippen molar-refractivity contribution in [3.05, 3.63) is 47.6 Å². The van der Waals surface area contributed by atoms with E-state index < -0.39 is 16.1 Å². The van der Waals surface area contributed by atoms with Gasteiger partial charge in [0.15, 0.2) is 5.01 Å². The van der Waals surface area contributed by atoms with Crippen LogP contribution in [0.25, 0.3) is 10.6 Å². The van der Waals surface area contributed by atoms with E-state index in [9.17, 15) is 13.2 Å². The molecule has 1 amide bonds. The Morgan fingerprint density at radius 1 is 1.15 bits per heavy atom. The van der Waals surface area contributed by atoms with Crippen molar-refractivity contribution in [1.29, 1.82) is 0 Å². The van der Waals surface area contributed by atoms with Gasteiger partial charge in [0.25, 0.3) is 5.91 Å². The quantitative estimate of drug-likeness (QED) is 0.292. The number of rotatable bonds is 13. The summed E-state index contributed by atoms with van der Waals surface area (Å²) in [6.07, 6.45) is 14.4. The highest BCUT2D eigenvalue weighted by Crippen LogP contribution is 2.31. The first-order valence-corrected chi connectivity index (χ1v) is 16.6. The van der Waals surface area contributed by atoms with Gasteiger partial charge >= 0.3 is 0 Å². The Morgan fingerprint density at radius 3 is 2.71 bits per heavy atom. The Hall–Kier alpha value is -3.16. The number of carbonyl (C=O) groups is 1. The fraction of sp³-hybridized carbons (Fsp3) is 0.536. The summed E-state index contributed by atoms with van der Waals surface area (Å²) in [5, 5.41) is 3.07. The van der Waals surface area contributed by atoms with E-state index in [2.05, 4.69) is 41.9 Å². The minimum atomic E-state index is -3.42. The molecule has 11 nitrogen and oxygen atoms in total. The van der Waals surface area contributed by atoms with Gasteiger partial charge in [-0.2, -0.15) is 0 Å². The molecule has 0 aromatic carbocycles. The lowest BCUT2D eigenvalue weighted by molar-refractivity contribution is 0.0927. The molecule has 0 bridgehead atoms. The second kappa shape index (κ2) is 13.2. The number of pyridine rings is 1. The maximum absolute atomic E-state index is 13.4. The van der Waals surface area contributed by atoms with E-state index in [1.165, 1.54) is 43.4 Å². The Labute approximate surface area is 245 Å². The number of amides is 1. The molecular formula is C28H37N7O4S2. The zero-order valence-corrected chi connectivity index (χ0v) is 25.1. The summed E-state index contributed by atoms with van der Waals surface area (Å²) in [6.45, 7) is 3.11. The van der Waals surface area contributed by atoms with Crippen molar-refractivity contribution >= 4 is 33.0 Å². The third kappa shape index (κ3) is 7.77. The maximum Gasteiger partial charge on any atom is 0.280 e. The van der Waals surface area contributed by atoms with Crippen LogP contribution in [0.1, 0.15) is 79.8 Å². The van der Waals surface area contributed by atoms with Crippen LogP contribution in [-0.4, -0.2) is 70.7 Å². The largest absolute Gasteiger partial charge is 0.477 e. The number of ether oxygens (including phenoxy) is 1. The van der Waals surface area contributed by atoms with E-state index in [0.717, 1.165) is 6.54 Å². The van der Waals surface area contributed by atoms with Crippen LogP contribution in [0.15, 0.2) is 36.9 Å². The minimum Gasteiger partial charge on any atom is -0.477 e. The average molecular weight is 600 g/mol. The molecule has 3 heterocycles. The maximum atomic E-state index is 13.4. The topological polar surface area (TPSA) is 139 Å². The summed E-state index contributed by atoms with van der Waals surface area (Å²) in [7, 11) is -1.29. The molecule has 3 aromatic heterocycles. The molecule has 1 unspecified atom stereocenters. The van der Waals surface area contributed by atoms with Gasteiger partial charge in [-0.25, -0.2) is 18.4 Å². The van der Waals surface area contributed by atoms with Gasteiger partial charge in [-0.1, -0.05) is 19.3 Å². The summed E-state index contributed by atoms with van der Waals surface area (Å²) in [4.78, 5) is 34.0. The predicted molar refractivity (Wildman–Crippen MR) is 158 cm³/mol. The van der Waals surface area contributed by atoms with Crippen LogP contribution in [0.3, 0.4) is 0 Å². The molecule has 13 heteroatoms. The molecule has 2 saturated carbocycles. The molecule has 5 rings (SSSR count). The zero-order chi connectivity index (χ0) is 28.8. The molecule has 1 atom stereocenters. The second-order valence-corrected chi connectivity index (χ2v) is 13.6. The lowest BCUT2D eigenvalue weighted by atomic mass is 9.94. The van der Waals surface area contributed by atoms with E-state index in [1.807, 2.05) is 6.92 Å². The predicted octanol–water partition coefficient (Wildman–Crippen LogP) is 4.42. The van der Waals surface area contributed by atoms with Crippen molar-refractivity contribution in [1.82, 2.24) is 30.2 Å². The molecule has 2 aliphatic carbocycles. The number of anilines is 1. The zero-order valence-electron chi connectivity index (χ0n) is 23.5. The van der Waals surface area contributed by atoms with E-state index >= 15 is 0 Å². The Bertz CT molecular complexity index is 1440. The summed E-state index contributed by atoms with van der Waals surface area (Å²) in [5.74, 6) is 0.0843. The monoisotopic (exact) mass is 599 g/mol. The van der Waals surface area contributed by atoms with Crippen molar-refractivity contribution in [3.8, 4) is 16.5 Å². The molecule has 220 valence electrons. The van der Waals surface area contributed by atoms with Gasteiger partial charge < -0.3 is 15.0 Å². The smallest absolute Gasteiger partial charge is 0.280 e. The van der Waals surface area contributed by atoms with Crippen LogP contribution in [0.5, 0.6) is 5.88 Å². The number of nitrogens with zero attached hydrogens (tertiary/aromatic N) is 5. The lowest BCUT2D eigenvalue weighted by Gasteiger charge is -2.32. The van der Waals surface area contributed by atoms with Crippen LogP contribution in [-0.2, 0) is 10.0 Å². The van der Waals surface area contributed by atoms with Crippen molar-refractivity contribution in [2.75, 3.05) is 24.9 Å². The first-order valence-electron chi connectivity index (χ1n) is 14.2. The number of hydrogen-bond acceptors (Lipinski definition) is 10. The van der Waals surface area contributed by atoms with Crippen molar-refractivity contribution in [3.63, 3.8) is 0 Å². The van der Waals surface area contributed by atoms with Gasteiger partial charge in [0, 0.05) is 25.0 Å². The van der Waals surface area contributed by atoms with Gasteiger partial charge in [-0.3, -0.25) is 19.5 Å². The van der Waals surface area contributed by atoms with Crippen LogP contribution in [0, 0.1) is 0 Å². The number of sulfonamides is 1. The van der Waals surface area contributed by atoms with Crippen molar-refractivity contribution in [2.24, 2.45) is 0 Å². The SMILES string of the molecule is CCOc1cncc(-c2cnc(C(=O)NC(CCN(C)C3CCCCC3)c3cc(NS(=O)(=O)C4CC4)ccn3)s2)n1. The summed E-state index contributed by atoms with van der Waals surface area (Å²) >= 11 is 1.22.